The largest absolute Gasteiger partial charge is 0.326 e. The first-order valence-corrected chi connectivity index (χ1v) is 6.75. The van der Waals surface area contributed by atoms with Crippen molar-refractivity contribution in [3.05, 3.63) is 77.4 Å². The number of benzene rings is 2. The minimum atomic E-state index is -1.53. The molecule has 23 heavy (non-hydrogen) atoms. The molecule has 0 atom stereocenters. The number of aromatic nitrogens is 2. The molecule has 2 aromatic carbocycles. The summed E-state index contributed by atoms with van der Waals surface area (Å²) in [6, 6.07) is 11.0. The topological polar surface area (TPSA) is 41.6 Å². The van der Waals surface area contributed by atoms with Crippen LogP contribution in [0.2, 0.25) is 0 Å². The minimum absolute atomic E-state index is 0.136. The zero-order valence-electron chi connectivity index (χ0n) is 11.8. The molecular formula is C17H10F3N3. The number of halogens is 3. The average molecular weight is 313 g/mol. The normalized spacial score (nSPS) is 10.5. The lowest BCUT2D eigenvalue weighted by Gasteiger charge is -2.10. The van der Waals surface area contributed by atoms with E-state index in [1.807, 2.05) is 0 Å². The van der Waals surface area contributed by atoms with Crippen molar-refractivity contribution >= 4 is 0 Å². The molecule has 0 aliphatic carbocycles. The second-order valence-corrected chi connectivity index (χ2v) is 4.87. The summed E-state index contributed by atoms with van der Waals surface area (Å²) >= 11 is 0. The molecule has 1 aromatic heterocycles. The predicted molar refractivity (Wildman–Crippen MR) is 77.8 cm³/mol. The minimum Gasteiger partial charge on any atom is -0.326 e. The van der Waals surface area contributed by atoms with Crippen LogP contribution in [-0.2, 0) is 6.54 Å². The van der Waals surface area contributed by atoms with Gasteiger partial charge in [0.25, 0.3) is 0 Å². The Bertz CT molecular complexity index is 910. The van der Waals surface area contributed by atoms with Gasteiger partial charge in [-0.15, -0.1) is 0 Å². The van der Waals surface area contributed by atoms with Crippen LogP contribution in [0, 0.1) is 28.8 Å². The molecule has 114 valence electrons. The third-order valence-corrected chi connectivity index (χ3v) is 3.47. The molecular weight excluding hydrogens is 303 g/mol. The molecule has 0 unspecified atom stereocenters. The summed E-state index contributed by atoms with van der Waals surface area (Å²) in [7, 11) is 0. The maximum atomic E-state index is 14.0. The molecule has 3 aromatic rings. The molecule has 1 heterocycles. The Morgan fingerprint density at radius 2 is 1.83 bits per heavy atom. The molecule has 0 bridgehead atoms. The van der Waals surface area contributed by atoms with E-state index >= 15 is 0 Å². The van der Waals surface area contributed by atoms with Crippen LogP contribution in [-0.4, -0.2) is 9.55 Å². The number of hydrogen-bond donors (Lipinski definition) is 0. The van der Waals surface area contributed by atoms with Crippen LogP contribution >= 0.6 is 0 Å². The highest BCUT2D eigenvalue weighted by Gasteiger charge is 2.18. The number of imidazole rings is 1. The van der Waals surface area contributed by atoms with Gasteiger partial charge in [0.15, 0.2) is 17.5 Å². The summed E-state index contributed by atoms with van der Waals surface area (Å²) < 4.78 is 42.0. The van der Waals surface area contributed by atoms with Gasteiger partial charge >= 0.3 is 0 Å². The molecule has 3 nitrogen and oxygen atoms in total. The standard InChI is InChI=1S/C17H10F3N3/c18-14-6-5-13(15(19)16(14)20)17-22-7-8-23(17)10-12-4-2-1-3-11(12)9-21/h1-8H,10H2. The number of nitrogens with zero attached hydrogens (tertiary/aromatic N) is 3. The SMILES string of the molecule is N#Cc1ccccc1Cn1ccnc1-c1ccc(F)c(F)c1F. The van der Waals surface area contributed by atoms with Crippen molar-refractivity contribution in [1.29, 1.82) is 5.26 Å². The van der Waals surface area contributed by atoms with Crippen LogP contribution in [0.5, 0.6) is 0 Å². The molecule has 0 amide bonds. The summed E-state index contributed by atoms with van der Waals surface area (Å²) in [5.41, 5.74) is 1.07. The van der Waals surface area contributed by atoms with Gasteiger partial charge in [0.2, 0.25) is 0 Å². The smallest absolute Gasteiger partial charge is 0.195 e. The van der Waals surface area contributed by atoms with Crippen LogP contribution in [0.1, 0.15) is 11.1 Å². The molecule has 0 saturated carbocycles. The van der Waals surface area contributed by atoms with E-state index in [0.717, 1.165) is 17.7 Å². The zero-order valence-corrected chi connectivity index (χ0v) is 11.8. The number of hydrogen-bond acceptors (Lipinski definition) is 2. The summed E-state index contributed by atoms with van der Waals surface area (Å²) in [4.78, 5) is 4.02. The van der Waals surface area contributed by atoms with Crippen LogP contribution in [0.25, 0.3) is 11.4 Å². The van der Waals surface area contributed by atoms with Gasteiger partial charge < -0.3 is 4.57 Å². The fourth-order valence-corrected chi connectivity index (χ4v) is 2.33. The van der Waals surface area contributed by atoms with Gasteiger partial charge in [0, 0.05) is 12.4 Å². The van der Waals surface area contributed by atoms with Crippen molar-refractivity contribution in [2.75, 3.05) is 0 Å². The second-order valence-electron chi connectivity index (χ2n) is 4.87. The molecule has 0 radical (unpaired) electrons. The van der Waals surface area contributed by atoms with E-state index in [-0.39, 0.29) is 17.9 Å². The van der Waals surface area contributed by atoms with Gasteiger partial charge in [-0.25, -0.2) is 18.2 Å². The molecule has 0 spiro atoms. The van der Waals surface area contributed by atoms with Crippen molar-refractivity contribution in [1.82, 2.24) is 9.55 Å². The highest BCUT2D eigenvalue weighted by molar-refractivity contribution is 5.57. The van der Waals surface area contributed by atoms with Crippen LogP contribution in [0.3, 0.4) is 0 Å². The zero-order chi connectivity index (χ0) is 16.4. The highest BCUT2D eigenvalue weighted by atomic mass is 19.2. The van der Waals surface area contributed by atoms with Gasteiger partial charge in [-0.2, -0.15) is 5.26 Å². The first-order chi connectivity index (χ1) is 11.1. The van der Waals surface area contributed by atoms with Crippen LogP contribution < -0.4 is 0 Å². The van der Waals surface area contributed by atoms with Crippen molar-refractivity contribution in [3.8, 4) is 17.5 Å². The number of rotatable bonds is 3. The lowest BCUT2D eigenvalue weighted by atomic mass is 10.1. The average Bonchev–Trinajstić information content (AvgIpc) is 3.01. The quantitative estimate of drug-likeness (QED) is 0.688. The van der Waals surface area contributed by atoms with Crippen molar-refractivity contribution < 1.29 is 13.2 Å². The molecule has 6 heteroatoms. The highest BCUT2D eigenvalue weighted by Crippen LogP contribution is 2.25. The number of nitriles is 1. The Morgan fingerprint density at radius 3 is 2.61 bits per heavy atom. The summed E-state index contributed by atoms with van der Waals surface area (Å²) in [6.07, 6.45) is 3.02. The third kappa shape index (κ3) is 2.69. The summed E-state index contributed by atoms with van der Waals surface area (Å²) in [5.74, 6) is -3.91. The molecule has 0 saturated heterocycles. The van der Waals surface area contributed by atoms with E-state index in [1.165, 1.54) is 6.20 Å². The molecule has 0 aliphatic rings. The van der Waals surface area contributed by atoms with E-state index in [2.05, 4.69) is 11.1 Å². The Kier molecular flexibility index (Phi) is 3.85. The van der Waals surface area contributed by atoms with E-state index in [1.54, 1.807) is 35.0 Å². The fourth-order valence-electron chi connectivity index (χ4n) is 2.33. The summed E-state index contributed by atoms with van der Waals surface area (Å²) in [5, 5.41) is 9.12. The van der Waals surface area contributed by atoms with E-state index in [4.69, 9.17) is 5.26 Å². The Balaban J connectivity index is 2.04. The van der Waals surface area contributed by atoms with Crippen LogP contribution in [0.4, 0.5) is 13.2 Å². The maximum Gasteiger partial charge on any atom is 0.195 e. The van der Waals surface area contributed by atoms with E-state index < -0.39 is 17.5 Å². The lowest BCUT2D eigenvalue weighted by Crippen LogP contribution is -2.05. The molecule has 0 aliphatic heterocycles. The lowest BCUT2D eigenvalue weighted by molar-refractivity contribution is 0.448. The molecule has 3 rings (SSSR count). The Labute approximate surface area is 130 Å². The molecule has 0 fully saturated rings. The monoisotopic (exact) mass is 313 g/mol. The van der Waals surface area contributed by atoms with Crippen molar-refractivity contribution in [2.24, 2.45) is 0 Å². The van der Waals surface area contributed by atoms with Gasteiger partial charge in [0.1, 0.15) is 5.82 Å². The van der Waals surface area contributed by atoms with Crippen molar-refractivity contribution in [3.63, 3.8) is 0 Å². The second kappa shape index (κ2) is 5.97. The van der Waals surface area contributed by atoms with Gasteiger partial charge in [0.05, 0.1) is 23.7 Å². The predicted octanol–water partition coefficient (Wildman–Crippen LogP) is 3.89. The Hall–Kier alpha value is -3.07. The van der Waals surface area contributed by atoms with E-state index in [9.17, 15) is 13.2 Å². The maximum absolute atomic E-state index is 14.0. The Morgan fingerprint density at radius 1 is 1.04 bits per heavy atom. The van der Waals surface area contributed by atoms with Gasteiger partial charge in [-0.05, 0) is 23.8 Å². The third-order valence-electron chi connectivity index (χ3n) is 3.47. The first-order valence-electron chi connectivity index (χ1n) is 6.75. The molecule has 0 N–H and O–H groups in total. The van der Waals surface area contributed by atoms with Gasteiger partial charge in [-0.1, -0.05) is 18.2 Å². The van der Waals surface area contributed by atoms with Crippen molar-refractivity contribution in [2.45, 2.75) is 6.54 Å². The summed E-state index contributed by atoms with van der Waals surface area (Å²) in [6.45, 7) is 0.261. The fraction of sp³-hybridized carbons (Fsp3) is 0.0588. The first kappa shape index (κ1) is 14.9. The van der Waals surface area contributed by atoms with E-state index in [0.29, 0.717) is 5.56 Å². The van der Waals surface area contributed by atoms with Crippen LogP contribution in [0.15, 0.2) is 48.8 Å². The van der Waals surface area contributed by atoms with Gasteiger partial charge in [-0.3, -0.25) is 0 Å².